The van der Waals surface area contributed by atoms with Gasteiger partial charge in [0.1, 0.15) is 6.33 Å². The molecule has 2 rings (SSSR count). The Hall–Kier alpha value is -2.45. The molecular formula is C11H16N6O3. The first-order valence-electron chi connectivity index (χ1n) is 6.11. The number of amides is 1. The minimum absolute atomic E-state index is 0.146. The number of rotatable bonds is 4. The van der Waals surface area contributed by atoms with Crippen LogP contribution in [0.2, 0.25) is 0 Å². The normalized spacial score (nSPS) is 21.8. The van der Waals surface area contributed by atoms with Crippen LogP contribution in [0.15, 0.2) is 6.33 Å². The maximum absolute atomic E-state index is 11.5. The molecule has 0 saturated carbocycles. The third-order valence-electron chi connectivity index (χ3n) is 3.59. The van der Waals surface area contributed by atoms with Crippen LogP contribution < -0.4 is 16.0 Å². The van der Waals surface area contributed by atoms with E-state index in [1.807, 2.05) is 0 Å². The number of carbonyl (C=O) groups excluding carboxylic acids is 1. The highest BCUT2D eigenvalue weighted by molar-refractivity contribution is 5.82. The lowest BCUT2D eigenvalue weighted by atomic mass is 9.89. The number of aromatic nitrogens is 2. The van der Waals surface area contributed by atoms with Gasteiger partial charge in [-0.1, -0.05) is 0 Å². The van der Waals surface area contributed by atoms with Crippen molar-refractivity contribution in [2.24, 2.45) is 11.1 Å². The summed E-state index contributed by atoms with van der Waals surface area (Å²) in [5.74, 6) is -0.0578. The zero-order valence-corrected chi connectivity index (χ0v) is 11.3. The lowest BCUT2D eigenvalue weighted by Crippen LogP contribution is -2.37. The van der Waals surface area contributed by atoms with Gasteiger partial charge in [-0.2, -0.15) is 0 Å². The largest absolute Gasteiger partial charge is 0.369 e. The second kappa shape index (κ2) is 4.91. The monoisotopic (exact) mass is 280 g/mol. The van der Waals surface area contributed by atoms with E-state index in [0.29, 0.717) is 19.5 Å². The van der Waals surface area contributed by atoms with Crippen LogP contribution in [0.3, 0.4) is 0 Å². The van der Waals surface area contributed by atoms with Crippen molar-refractivity contribution in [3.05, 3.63) is 16.4 Å². The molecule has 1 saturated heterocycles. The fourth-order valence-corrected chi connectivity index (χ4v) is 2.29. The van der Waals surface area contributed by atoms with Crippen LogP contribution in [-0.2, 0) is 4.79 Å². The molecule has 0 radical (unpaired) electrons. The van der Waals surface area contributed by atoms with Gasteiger partial charge in [-0.3, -0.25) is 14.9 Å². The number of carbonyl (C=O) groups is 1. The van der Waals surface area contributed by atoms with E-state index in [2.05, 4.69) is 15.3 Å². The van der Waals surface area contributed by atoms with Crippen LogP contribution in [0, 0.1) is 15.5 Å². The molecule has 1 amide bonds. The van der Waals surface area contributed by atoms with Crippen molar-refractivity contribution in [2.75, 3.05) is 30.4 Å². The summed E-state index contributed by atoms with van der Waals surface area (Å²) < 4.78 is 0. The minimum atomic E-state index is -0.696. The SMILES string of the molecule is CNc1ncnc(N2CCC(C)(C(N)=O)C2)c1[N+](=O)[O-]. The summed E-state index contributed by atoms with van der Waals surface area (Å²) in [4.78, 5) is 31.7. The average molecular weight is 280 g/mol. The summed E-state index contributed by atoms with van der Waals surface area (Å²) in [6.45, 7) is 2.55. The zero-order valence-electron chi connectivity index (χ0n) is 11.3. The number of nitrogens with zero attached hydrogens (tertiary/aromatic N) is 4. The molecule has 0 bridgehead atoms. The number of nitrogens with one attached hydrogen (secondary N) is 1. The highest BCUT2D eigenvalue weighted by atomic mass is 16.6. The first kappa shape index (κ1) is 14.0. The summed E-state index contributed by atoms with van der Waals surface area (Å²) in [7, 11) is 1.55. The number of primary amides is 1. The van der Waals surface area contributed by atoms with Gasteiger partial charge in [-0.15, -0.1) is 0 Å². The topological polar surface area (TPSA) is 127 Å². The van der Waals surface area contributed by atoms with Crippen molar-refractivity contribution >= 4 is 23.2 Å². The van der Waals surface area contributed by atoms with Gasteiger partial charge in [0, 0.05) is 20.1 Å². The molecule has 3 N–H and O–H groups in total. The molecule has 0 spiro atoms. The molecule has 2 heterocycles. The first-order valence-corrected chi connectivity index (χ1v) is 6.11. The summed E-state index contributed by atoms with van der Waals surface area (Å²) >= 11 is 0. The van der Waals surface area contributed by atoms with Crippen molar-refractivity contribution in [3.63, 3.8) is 0 Å². The van der Waals surface area contributed by atoms with Crippen molar-refractivity contribution < 1.29 is 9.72 Å². The van der Waals surface area contributed by atoms with Crippen molar-refractivity contribution in [3.8, 4) is 0 Å². The van der Waals surface area contributed by atoms with Gasteiger partial charge in [0.2, 0.25) is 17.5 Å². The lowest BCUT2D eigenvalue weighted by Gasteiger charge is -2.21. The maximum atomic E-state index is 11.5. The molecule has 1 unspecified atom stereocenters. The molecule has 1 aromatic heterocycles. The van der Waals surface area contributed by atoms with Crippen LogP contribution in [0.1, 0.15) is 13.3 Å². The van der Waals surface area contributed by atoms with Crippen LogP contribution in [0.25, 0.3) is 0 Å². The van der Waals surface area contributed by atoms with Crippen LogP contribution in [0.5, 0.6) is 0 Å². The Kier molecular flexibility index (Phi) is 3.43. The van der Waals surface area contributed by atoms with E-state index in [1.54, 1.807) is 18.9 Å². The molecule has 9 heteroatoms. The maximum Gasteiger partial charge on any atom is 0.353 e. The fourth-order valence-electron chi connectivity index (χ4n) is 2.29. The third kappa shape index (κ3) is 2.22. The quantitative estimate of drug-likeness (QED) is 0.592. The fraction of sp³-hybridized carbons (Fsp3) is 0.545. The number of nitro groups is 1. The van der Waals surface area contributed by atoms with Gasteiger partial charge < -0.3 is 16.0 Å². The van der Waals surface area contributed by atoms with E-state index in [0.717, 1.165) is 0 Å². The molecular weight excluding hydrogens is 264 g/mol. The van der Waals surface area contributed by atoms with Gasteiger partial charge in [-0.25, -0.2) is 9.97 Å². The van der Waals surface area contributed by atoms with Gasteiger partial charge >= 0.3 is 5.69 Å². The molecule has 9 nitrogen and oxygen atoms in total. The Morgan fingerprint density at radius 1 is 1.60 bits per heavy atom. The average Bonchev–Trinajstić information content (AvgIpc) is 2.81. The standard InChI is InChI=1S/C11H16N6O3/c1-11(10(12)18)3-4-16(5-11)9-7(17(19)20)8(13-2)14-6-15-9/h6H,3-5H2,1-2H3,(H2,12,18)(H,13,14,15). The molecule has 1 aliphatic rings. The second-order valence-electron chi connectivity index (χ2n) is 5.00. The van der Waals surface area contributed by atoms with Crippen molar-refractivity contribution in [2.45, 2.75) is 13.3 Å². The highest BCUT2D eigenvalue weighted by Crippen LogP contribution is 2.38. The van der Waals surface area contributed by atoms with Gasteiger partial charge in [0.25, 0.3) is 0 Å². The van der Waals surface area contributed by atoms with Crippen molar-refractivity contribution in [1.29, 1.82) is 0 Å². The Morgan fingerprint density at radius 3 is 2.80 bits per heavy atom. The van der Waals surface area contributed by atoms with Gasteiger partial charge in [-0.05, 0) is 13.3 Å². The molecule has 20 heavy (non-hydrogen) atoms. The highest BCUT2D eigenvalue weighted by Gasteiger charge is 2.41. The Balaban J connectivity index is 2.40. The van der Waals surface area contributed by atoms with E-state index in [-0.39, 0.29) is 17.3 Å². The van der Waals surface area contributed by atoms with Crippen LogP contribution in [-0.4, -0.2) is 40.9 Å². The Bertz CT molecular complexity index is 563. The first-order chi connectivity index (χ1) is 9.39. The summed E-state index contributed by atoms with van der Waals surface area (Å²) in [5.41, 5.74) is 4.49. The summed E-state index contributed by atoms with van der Waals surface area (Å²) in [5, 5.41) is 13.9. The number of anilines is 2. The smallest absolute Gasteiger partial charge is 0.353 e. The van der Waals surface area contributed by atoms with E-state index < -0.39 is 16.2 Å². The lowest BCUT2D eigenvalue weighted by molar-refractivity contribution is -0.383. The van der Waals surface area contributed by atoms with Crippen molar-refractivity contribution in [1.82, 2.24) is 9.97 Å². The molecule has 1 aliphatic heterocycles. The molecule has 108 valence electrons. The predicted octanol–water partition coefficient (Wildman–Crippen LogP) is 0.128. The molecule has 0 aromatic carbocycles. The molecule has 1 fully saturated rings. The summed E-state index contributed by atoms with van der Waals surface area (Å²) in [6.07, 6.45) is 1.80. The number of nitrogens with two attached hydrogens (primary N) is 1. The summed E-state index contributed by atoms with van der Waals surface area (Å²) in [6, 6.07) is 0. The van der Waals surface area contributed by atoms with E-state index >= 15 is 0 Å². The Labute approximate surface area is 115 Å². The number of hydrogen-bond donors (Lipinski definition) is 2. The van der Waals surface area contributed by atoms with Gasteiger partial charge in [0.15, 0.2) is 0 Å². The third-order valence-corrected chi connectivity index (χ3v) is 3.59. The van der Waals surface area contributed by atoms with E-state index in [1.165, 1.54) is 6.33 Å². The van der Waals surface area contributed by atoms with Crippen LogP contribution >= 0.6 is 0 Å². The Morgan fingerprint density at radius 2 is 2.30 bits per heavy atom. The molecule has 1 aromatic rings. The van der Waals surface area contributed by atoms with Gasteiger partial charge in [0.05, 0.1) is 10.3 Å². The van der Waals surface area contributed by atoms with Crippen LogP contribution in [0.4, 0.5) is 17.3 Å². The second-order valence-corrected chi connectivity index (χ2v) is 5.00. The zero-order chi connectivity index (χ0) is 14.9. The van der Waals surface area contributed by atoms with E-state index in [4.69, 9.17) is 5.73 Å². The molecule has 0 aliphatic carbocycles. The predicted molar refractivity (Wildman–Crippen MR) is 72.4 cm³/mol. The molecule has 1 atom stereocenters. The van der Waals surface area contributed by atoms with E-state index in [9.17, 15) is 14.9 Å². The number of hydrogen-bond acceptors (Lipinski definition) is 7. The minimum Gasteiger partial charge on any atom is -0.369 e.